The highest BCUT2D eigenvalue weighted by atomic mass is 16.5. The number of fused-ring (bicyclic) bond motifs is 3. The van der Waals surface area contributed by atoms with Crippen molar-refractivity contribution < 1.29 is 9.15 Å². The fourth-order valence-electron chi connectivity index (χ4n) is 10.2. The van der Waals surface area contributed by atoms with Crippen molar-refractivity contribution in [3.8, 4) is 45.2 Å². The fraction of sp³-hybridized carbons (Fsp3) is 0.247. The molecule has 2 nitrogen and oxygen atoms in total. The summed E-state index contributed by atoms with van der Waals surface area (Å²) >= 11 is 0. The van der Waals surface area contributed by atoms with Crippen LogP contribution in [0, 0.1) is 25.7 Å². The minimum absolute atomic E-state index is 0.424. The summed E-state index contributed by atoms with van der Waals surface area (Å²) < 4.78 is 11.7. The lowest BCUT2D eigenvalue weighted by molar-refractivity contribution is 0.297. The van der Waals surface area contributed by atoms with E-state index in [2.05, 4.69) is 230 Å². The zero-order chi connectivity index (χ0) is 56.5. The zero-order valence-electron chi connectivity index (χ0n) is 49.2. The van der Waals surface area contributed by atoms with Crippen LogP contribution in [0.25, 0.3) is 60.9 Å². The van der Waals surface area contributed by atoms with Gasteiger partial charge in [0.05, 0.1) is 7.11 Å². The third-order valence-electron chi connectivity index (χ3n) is 14.6. The Bertz CT molecular complexity index is 3510. The molecule has 7 aromatic carbocycles. The van der Waals surface area contributed by atoms with E-state index in [0.29, 0.717) is 5.92 Å². The molecule has 0 aliphatic rings. The molecule has 1 unspecified atom stereocenters. The molecule has 1 heterocycles. The number of aryl methyl sites for hydroxylation is 4. The Hall–Kier alpha value is -8.12. The summed E-state index contributed by atoms with van der Waals surface area (Å²) in [6.45, 7) is 25.1. The number of ether oxygens (including phenoxy) is 1. The van der Waals surface area contributed by atoms with Gasteiger partial charge in [-0.15, -0.1) is 5.92 Å². The highest BCUT2D eigenvalue weighted by molar-refractivity contribution is 6.06. The number of para-hydroxylation sites is 1. The molecule has 0 radical (unpaired) electrons. The van der Waals surface area contributed by atoms with Gasteiger partial charge in [0.1, 0.15) is 16.9 Å². The largest absolute Gasteiger partial charge is 0.497 e. The van der Waals surface area contributed by atoms with Gasteiger partial charge >= 0.3 is 0 Å². The first kappa shape index (κ1) is 60.1. The number of furan rings is 1. The lowest BCUT2D eigenvalue weighted by atomic mass is 9.80. The molecule has 0 spiro atoms. The van der Waals surface area contributed by atoms with Crippen LogP contribution in [0.15, 0.2) is 234 Å². The van der Waals surface area contributed by atoms with E-state index in [4.69, 9.17) is 9.15 Å². The van der Waals surface area contributed by atoms with Crippen LogP contribution in [0.1, 0.15) is 126 Å². The predicted octanol–water partition coefficient (Wildman–Crippen LogP) is 22.1. The van der Waals surface area contributed by atoms with Gasteiger partial charge in [-0.1, -0.05) is 217 Å². The molecule has 0 saturated carbocycles. The summed E-state index contributed by atoms with van der Waals surface area (Å²) in [5, 5.41) is 2.32. The van der Waals surface area contributed by atoms with Crippen molar-refractivity contribution in [1.82, 2.24) is 0 Å². The summed E-state index contributed by atoms with van der Waals surface area (Å²) in [6, 6.07) is 55.6. The lowest BCUT2D eigenvalue weighted by Crippen LogP contribution is -2.03. The minimum Gasteiger partial charge on any atom is -0.497 e. The van der Waals surface area contributed by atoms with Crippen molar-refractivity contribution in [3.63, 3.8) is 0 Å². The Kier molecular flexibility index (Phi) is 23.8. The van der Waals surface area contributed by atoms with E-state index >= 15 is 0 Å². The van der Waals surface area contributed by atoms with Crippen molar-refractivity contribution in [2.45, 2.75) is 120 Å². The van der Waals surface area contributed by atoms with Crippen molar-refractivity contribution >= 4 is 27.5 Å². The fourth-order valence-corrected chi connectivity index (χ4v) is 10.2. The minimum atomic E-state index is 0.424. The Labute approximate surface area is 475 Å². The Morgan fingerprint density at radius 1 is 0.696 bits per heavy atom. The van der Waals surface area contributed by atoms with Crippen LogP contribution in [-0.4, -0.2) is 7.11 Å². The molecule has 0 aliphatic carbocycles. The summed E-state index contributed by atoms with van der Waals surface area (Å²) in [5.41, 5.74) is 22.5. The number of rotatable bonds is 20. The first-order valence-electron chi connectivity index (χ1n) is 28.6. The van der Waals surface area contributed by atoms with E-state index < -0.39 is 0 Å². The molecule has 0 amide bonds. The number of benzene rings is 7. The van der Waals surface area contributed by atoms with Gasteiger partial charge in [0.25, 0.3) is 0 Å². The van der Waals surface area contributed by atoms with E-state index in [1.165, 1.54) is 83.5 Å². The van der Waals surface area contributed by atoms with Gasteiger partial charge in [-0.2, -0.15) is 0 Å². The molecule has 0 saturated heterocycles. The number of methoxy groups -OCH3 is 1. The van der Waals surface area contributed by atoms with Crippen molar-refractivity contribution in [2.75, 3.05) is 7.11 Å². The van der Waals surface area contributed by atoms with Gasteiger partial charge in [-0.3, -0.25) is 0 Å². The average molecular weight is 1040 g/mol. The molecule has 79 heavy (non-hydrogen) atoms. The van der Waals surface area contributed by atoms with Crippen LogP contribution in [-0.2, 0) is 24.0 Å². The van der Waals surface area contributed by atoms with Gasteiger partial charge in [-0.05, 0) is 205 Å². The SMILES string of the molecule is C=C/C(C)=C(C/C=C\C=C/C)\C(=C/CC)OC.CC.CC#C/C=C\C(=C/Cc1ccccc1)c1ccc(CCCc2ccccc2-c2c(C)ccc(C(C)CC)c2-c2ccc(-c3ccc4c(c3)oc3ccccc34)cc2C)cc1. The van der Waals surface area contributed by atoms with Crippen LogP contribution in [0.2, 0.25) is 0 Å². The normalized spacial score (nSPS) is 12.4. The Morgan fingerprint density at radius 3 is 2.11 bits per heavy atom. The molecule has 8 aromatic rings. The lowest BCUT2D eigenvalue weighted by Gasteiger charge is -2.24. The smallest absolute Gasteiger partial charge is 0.136 e. The maximum Gasteiger partial charge on any atom is 0.136 e. The Morgan fingerprint density at radius 2 is 1.41 bits per heavy atom. The van der Waals surface area contributed by atoms with E-state index in [1.807, 2.05) is 64.1 Å². The standard InChI is InChI=1S/C59H54O.C16H24O.C2H6/c1-6-8-10-21-46(31-28-44-18-11-9-12-19-44)47-32-29-45(30-33-47)20-17-23-48-22-13-14-24-53(48)58-42(4)27-36-51(41(3)7-2)59(58)52-37-34-49(39-43(52)5)50-35-38-55-54-25-15-16-26-56(54)60-57(55)40-50;1-6-9-10-11-13-15(14(4)8-3)16(17-5)12-7-2;1-2/h9-16,18-19,21-22,24-27,29-41H,7,17,20,23,28H2,1-5H3;6,8-12H,3,7,13H2,1-2,4-5H3;1-2H3/b21-10-,46-31+;9-6-,11-10-,15-14-,16-12+;. The second-order valence-corrected chi connectivity index (χ2v) is 19.9. The van der Waals surface area contributed by atoms with Gasteiger partial charge in [0, 0.05) is 16.3 Å². The molecule has 1 atom stereocenters. The Balaban J connectivity index is 0.000000456. The van der Waals surface area contributed by atoms with Gasteiger partial charge in [0.2, 0.25) is 0 Å². The highest BCUT2D eigenvalue weighted by Gasteiger charge is 2.22. The molecule has 0 fully saturated rings. The second kappa shape index (κ2) is 31.3. The zero-order valence-corrected chi connectivity index (χ0v) is 49.2. The molecule has 404 valence electrons. The van der Waals surface area contributed by atoms with Crippen molar-refractivity contribution in [1.29, 1.82) is 0 Å². The number of allylic oxidation sites excluding steroid dienone is 12. The van der Waals surface area contributed by atoms with Crippen molar-refractivity contribution in [2.24, 2.45) is 0 Å². The maximum atomic E-state index is 6.28. The van der Waals surface area contributed by atoms with Gasteiger partial charge in [0.15, 0.2) is 0 Å². The molecule has 8 rings (SSSR count). The van der Waals surface area contributed by atoms with Crippen LogP contribution in [0.5, 0.6) is 0 Å². The maximum absolute atomic E-state index is 6.28. The van der Waals surface area contributed by atoms with E-state index in [-0.39, 0.29) is 0 Å². The summed E-state index contributed by atoms with van der Waals surface area (Å²) in [5.74, 6) is 7.45. The van der Waals surface area contributed by atoms with Crippen LogP contribution in [0.3, 0.4) is 0 Å². The molecular formula is C77H84O2. The van der Waals surface area contributed by atoms with E-state index in [9.17, 15) is 0 Å². The molecule has 2 heteroatoms. The number of hydrogen-bond donors (Lipinski definition) is 0. The first-order chi connectivity index (χ1) is 38.6. The molecule has 0 bridgehead atoms. The monoisotopic (exact) mass is 1040 g/mol. The third-order valence-corrected chi connectivity index (χ3v) is 14.6. The quantitative estimate of drug-likeness (QED) is 0.0431. The average Bonchev–Trinajstić information content (AvgIpc) is 3.96. The molecule has 0 aliphatic heterocycles. The molecule has 1 aromatic heterocycles. The van der Waals surface area contributed by atoms with Crippen LogP contribution < -0.4 is 0 Å². The topological polar surface area (TPSA) is 22.4 Å². The summed E-state index contributed by atoms with van der Waals surface area (Å²) in [7, 11) is 1.72. The van der Waals surface area contributed by atoms with Crippen LogP contribution in [0.4, 0.5) is 0 Å². The second-order valence-electron chi connectivity index (χ2n) is 19.9. The van der Waals surface area contributed by atoms with Gasteiger partial charge in [-0.25, -0.2) is 0 Å². The molecule has 0 N–H and O–H groups in total. The first-order valence-corrected chi connectivity index (χ1v) is 28.6. The predicted molar refractivity (Wildman–Crippen MR) is 346 cm³/mol. The molecular weight excluding hydrogens is 957 g/mol. The third kappa shape index (κ3) is 16.0. The van der Waals surface area contributed by atoms with Crippen molar-refractivity contribution in [3.05, 3.63) is 269 Å². The highest BCUT2D eigenvalue weighted by Crippen LogP contribution is 2.44. The van der Waals surface area contributed by atoms with Crippen LogP contribution >= 0.6 is 0 Å². The summed E-state index contributed by atoms with van der Waals surface area (Å²) in [4.78, 5) is 0. The van der Waals surface area contributed by atoms with E-state index in [1.54, 1.807) is 7.11 Å². The summed E-state index contributed by atoms with van der Waals surface area (Å²) in [6.07, 6.45) is 25.5. The van der Waals surface area contributed by atoms with Gasteiger partial charge < -0.3 is 9.15 Å². The van der Waals surface area contributed by atoms with E-state index in [0.717, 1.165) is 78.2 Å². The number of hydrogen-bond acceptors (Lipinski definition) is 2.